The normalized spacial score (nSPS) is 15.4. The molecule has 0 aromatic carbocycles. The van der Waals surface area contributed by atoms with Gasteiger partial charge in [-0.2, -0.15) is 0 Å². The van der Waals surface area contributed by atoms with Gasteiger partial charge in [-0.05, 0) is 73.1 Å². The third kappa shape index (κ3) is 13.2. The van der Waals surface area contributed by atoms with Crippen LogP contribution in [-0.4, -0.2) is 47.8 Å². The molecule has 6 nitrogen and oxygen atoms in total. The number of hydrogen-bond donors (Lipinski definition) is 2. The second-order valence-electron chi connectivity index (χ2n) is 10.1. The molecule has 30 heavy (non-hydrogen) atoms. The Morgan fingerprint density at radius 3 is 1.77 bits per heavy atom. The highest BCUT2D eigenvalue weighted by molar-refractivity contribution is 5.76. The van der Waals surface area contributed by atoms with Crippen LogP contribution in [0.3, 0.4) is 0 Å². The van der Waals surface area contributed by atoms with Gasteiger partial charge < -0.3 is 14.8 Å². The van der Waals surface area contributed by atoms with E-state index in [9.17, 15) is 9.59 Å². The summed E-state index contributed by atoms with van der Waals surface area (Å²) in [5.74, 6) is -0.0118. The van der Waals surface area contributed by atoms with Gasteiger partial charge in [0.1, 0.15) is 12.1 Å². The summed E-state index contributed by atoms with van der Waals surface area (Å²) < 4.78 is 10.9. The summed E-state index contributed by atoms with van der Waals surface area (Å²) >= 11 is 0. The zero-order valence-corrected chi connectivity index (χ0v) is 21.1. The summed E-state index contributed by atoms with van der Waals surface area (Å²) in [6.45, 7) is 20.1. The minimum Gasteiger partial charge on any atom is -0.462 e. The first kappa shape index (κ1) is 28.9. The van der Waals surface area contributed by atoms with Crippen molar-refractivity contribution in [3.05, 3.63) is 0 Å². The van der Waals surface area contributed by atoms with Crippen LogP contribution in [0.2, 0.25) is 0 Å². The smallest absolute Gasteiger partial charge is 0.323 e. The molecule has 0 aliphatic carbocycles. The van der Waals surface area contributed by atoms with E-state index in [0.717, 1.165) is 32.1 Å². The van der Waals surface area contributed by atoms with E-state index in [1.54, 1.807) is 0 Å². The molecule has 178 valence electrons. The lowest BCUT2D eigenvalue weighted by Gasteiger charge is -2.33. The Morgan fingerprint density at radius 1 is 0.833 bits per heavy atom. The van der Waals surface area contributed by atoms with Crippen molar-refractivity contribution >= 4 is 11.9 Å². The molecule has 0 bridgehead atoms. The summed E-state index contributed by atoms with van der Waals surface area (Å²) in [7, 11) is 0. The zero-order chi connectivity index (χ0) is 23.5. The molecule has 0 radical (unpaired) electrons. The van der Waals surface area contributed by atoms with Crippen LogP contribution in [0.4, 0.5) is 0 Å². The fourth-order valence-electron chi connectivity index (χ4n) is 3.47. The van der Waals surface area contributed by atoms with E-state index in [1.165, 1.54) is 0 Å². The van der Waals surface area contributed by atoms with Crippen molar-refractivity contribution in [1.29, 1.82) is 0 Å². The van der Waals surface area contributed by atoms with Gasteiger partial charge in [-0.1, -0.05) is 34.1 Å². The predicted octanol–water partition coefficient (Wildman–Crippen LogP) is 4.60. The van der Waals surface area contributed by atoms with E-state index in [4.69, 9.17) is 9.47 Å². The highest BCUT2D eigenvalue weighted by Gasteiger charge is 2.29. The van der Waals surface area contributed by atoms with E-state index in [0.29, 0.717) is 5.92 Å². The molecule has 0 amide bonds. The molecule has 0 saturated carbocycles. The lowest BCUT2D eigenvalue weighted by Crippen LogP contribution is -2.50. The van der Waals surface area contributed by atoms with Crippen molar-refractivity contribution in [3.8, 4) is 0 Å². The first-order valence-electron chi connectivity index (χ1n) is 11.7. The number of hydrogen-bond acceptors (Lipinski definition) is 6. The van der Waals surface area contributed by atoms with Crippen molar-refractivity contribution in [2.24, 2.45) is 5.92 Å². The van der Waals surface area contributed by atoms with Gasteiger partial charge in [0.2, 0.25) is 0 Å². The monoisotopic (exact) mass is 428 g/mol. The van der Waals surface area contributed by atoms with Gasteiger partial charge in [0.25, 0.3) is 0 Å². The topological polar surface area (TPSA) is 76.7 Å². The standard InChI is InChI=1S/C24H48N2O4/c1-11-12-20(22(27)29-17(4)5)26-24(9,10)14-13-19(8)15-21(25-16(2)3)23(28)30-18(6)7/h16-21,25-26H,11-15H2,1-10H3/t19?,20-,21-/m0/s1. The van der Waals surface area contributed by atoms with E-state index in [1.807, 2.05) is 41.5 Å². The van der Waals surface area contributed by atoms with Gasteiger partial charge in [0.15, 0.2) is 0 Å². The van der Waals surface area contributed by atoms with Crippen molar-refractivity contribution < 1.29 is 19.1 Å². The highest BCUT2D eigenvalue weighted by Crippen LogP contribution is 2.22. The Labute approximate surface area is 185 Å². The molecule has 0 saturated heterocycles. The maximum atomic E-state index is 12.5. The summed E-state index contributed by atoms with van der Waals surface area (Å²) in [6.07, 6.45) is 4.02. The van der Waals surface area contributed by atoms with E-state index in [-0.39, 0.29) is 47.8 Å². The average molecular weight is 429 g/mol. The van der Waals surface area contributed by atoms with Crippen LogP contribution in [-0.2, 0) is 19.1 Å². The van der Waals surface area contributed by atoms with E-state index in [2.05, 4.69) is 38.3 Å². The van der Waals surface area contributed by atoms with Crippen LogP contribution in [0.15, 0.2) is 0 Å². The third-order valence-electron chi connectivity index (χ3n) is 4.85. The number of esters is 2. The van der Waals surface area contributed by atoms with Crippen molar-refractivity contribution in [2.45, 2.75) is 137 Å². The Bertz CT molecular complexity index is 503. The minimum atomic E-state index is -0.299. The quantitative estimate of drug-likeness (QED) is 0.371. The molecule has 6 heteroatoms. The second-order valence-corrected chi connectivity index (χ2v) is 10.1. The maximum Gasteiger partial charge on any atom is 0.323 e. The SMILES string of the molecule is CCC[C@H](NC(C)(C)CCC(C)C[C@H](NC(C)C)C(=O)OC(C)C)C(=O)OC(C)C. The molecule has 3 atom stereocenters. The van der Waals surface area contributed by atoms with E-state index >= 15 is 0 Å². The van der Waals surface area contributed by atoms with Crippen LogP contribution >= 0.6 is 0 Å². The molecule has 1 unspecified atom stereocenters. The minimum absolute atomic E-state index is 0.113. The molecule has 0 rings (SSSR count). The number of ether oxygens (including phenoxy) is 2. The molecular weight excluding hydrogens is 380 g/mol. The molecule has 0 aliphatic rings. The third-order valence-corrected chi connectivity index (χ3v) is 4.85. The number of nitrogens with one attached hydrogen (secondary N) is 2. The molecule has 0 spiro atoms. The Hall–Kier alpha value is -1.14. The first-order chi connectivity index (χ1) is 13.8. The van der Waals surface area contributed by atoms with Gasteiger partial charge in [0, 0.05) is 11.6 Å². The van der Waals surface area contributed by atoms with Gasteiger partial charge in [0.05, 0.1) is 12.2 Å². The Kier molecular flexibility index (Phi) is 13.5. The number of carbonyl (C=O) groups excluding carboxylic acids is 2. The van der Waals surface area contributed by atoms with Crippen molar-refractivity contribution in [1.82, 2.24) is 10.6 Å². The van der Waals surface area contributed by atoms with Gasteiger partial charge in [-0.25, -0.2) is 0 Å². The molecule has 0 heterocycles. The fourth-order valence-corrected chi connectivity index (χ4v) is 3.47. The van der Waals surface area contributed by atoms with Crippen LogP contribution in [0.5, 0.6) is 0 Å². The average Bonchev–Trinajstić information content (AvgIpc) is 2.57. The van der Waals surface area contributed by atoms with Crippen LogP contribution in [0, 0.1) is 5.92 Å². The van der Waals surface area contributed by atoms with Crippen molar-refractivity contribution in [2.75, 3.05) is 0 Å². The lowest BCUT2D eigenvalue weighted by atomic mass is 9.88. The number of rotatable bonds is 15. The molecule has 0 aliphatic heterocycles. The molecule has 0 aromatic heterocycles. The summed E-state index contributed by atoms with van der Waals surface area (Å²) in [6, 6.07) is -0.381. The lowest BCUT2D eigenvalue weighted by molar-refractivity contribution is -0.151. The molecular formula is C24H48N2O4. The molecule has 0 fully saturated rings. The second kappa shape index (κ2) is 14.0. The van der Waals surface area contributed by atoms with Crippen LogP contribution in [0.25, 0.3) is 0 Å². The van der Waals surface area contributed by atoms with Crippen LogP contribution in [0.1, 0.15) is 101 Å². The summed E-state index contributed by atoms with van der Waals surface area (Å²) in [4.78, 5) is 24.9. The van der Waals surface area contributed by atoms with Gasteiger partial charge in [-0.15, -0.1) is 0 Å². The van der Waals surface area contributed by atoms with Crippen LogP contribution < -0.4 is 10.6 Å². The van der Waals surface area contributed by atoms with Crippen molar-refractivity contribution in [3.63, 3.8) is 0 Å². The summed E-state index contributed by atoms with van der Waals surface area (Å²) in [5, 5.41) is 6.85. The zero-order valence-electron chi connectivity index (χ0n) is 21.1. The Morgan fingerprint density at radius 2 is 1.33 bits per heavy atom. The molecule has 0 aromatic rings. The largest absolute Gasteiger partial charge is 0.462 e. The first-order valence-corrected chi connectivity index (χ1v) is 11.7. The highest BCUT2D eigenvalue weighted by atomic mass is 16.5. The van der Waals surface area contributed by atoms with E-state index < -0.39 is 0 Å². The summed E-state index contributed by atoms with van der Waals surface area (Å²) in [5.41, 5.74) is -0.205. The molecule has 2 N–H and O–H groups in total. The van der Waals surface area contributed by atoms with Gasteiger partial charge in [-0.3, -0.25) is 14.9 Å². The Balaban J connectivity index is 4.86. The van der Waals surface area contributed by atoms with Gasteiger partial charge >= 0.3 is 11.9 Å². The fraction of sp³-hybridized carbons (Fsp3) is 0.917. The maximum absolute atomic E-state index is 12.5. The predicted molar refractivity (Wildman–Crippen MR) is 123 cm³/mol. The number of carbonyl (C=O) groups is 2.